The highest BCUT2D eigenvalue weighted by molar-refractivity contribution is 5.92. The van der Waals surface area contributed by atoms with Gasteiger partial charge in [-0.25, -0.2) is 9.18 Å². The average molecular weight is 368 g/mol. The highest BCUT2D eigenvalue weighted by Gasteiger charge is 2.21. The van der Waals surface area contributed by atoms with Crippen LogP contribution < -0.4 is 4.90 Å². The highest BCUT2D eigenvalue weighted by atomic mass is 19.1. The molecule has 1 amide bonds. The van der Waals surface area contributed by atoms with Crippen molar-refractivity contribution in [2.24, 2.45) is 0 Å². The molecule has 1 saturated heterocycles. The Labute approximate surface area is 157 Å². The second-order valence-electron chi connectivity index (χ2n) is 6.21. The number of rotatable bonds is 4. The van der Waals surface area contributed by atoms with Gasteiger partial charge in [-0.15, -0.1) is 0 Å². The summed E-state index contributed by atoms with van der Waals surface area (Å²) in [5.74, 6) is -0.720. The molecule has 27 heavy (non-hydrogen) atoms. The predicted octanol–water partition coefficient (Wildman–Crippen LogP) is 2.97. The lowest BCUT2D eigenvalue weighted by atomic mass is 10.1. The minimum atomic E-state index is -0.394. The van der Waals surface area contributed by atoms with Gasteiger partial charge in [0.25, 0.3) is 0 Å². The summed E-state index contributed by atoms with van der Waals surface area (Å²) in [5.41, 5.74) is 1.86. The van der Waals surface area contributed by atoms with Crippen molar-refractivity contribution in [2.75, 3.05) is 38.2 Å². The quantitative estimate of drug-likeness (QED) is 0.615. The number of benzene rings is 2. The van der Waals surface area contributed by atoms with Crippen LogP contribution in [0.5, 0.6) is 0 Å². The first-order valence-corrected chi connectivity index (χ1v) is 8.73. The molecular formula is C21H21FN2O3. The Kier molecular flexibility index (Phi) is 5.86. The van der Waals surface area contributed by atoms with Crippen molar-refractivity contribution >= 4 is 23.6 Å². The van der Waals surface area contributed by atoms with Crippen molar-refractivity contribution in [1.29, 1.82) is 0 Å². The minimum Gasteiger partial charge on any atom is -0.465 e. The normalized spacial score (nSPS) is 14.4. The van der Waals surface area contributed by atoms with Gasteiger partial charge in [-0.05, 0) is 35.9 Å². The van der Waals surface area contributed by atoms with Crippen molar-refractivity contribution in [1.82, 2.24) is 4.90 Å². The predicted molar refractivity (Wildman–Crippen MR) is 102 cm³/mol. The summed E-state index contributed by atoms with van der Waals surface area (Å²) < 4.78 is 18.5. The molecule has 0 atom stereocenters. The van der Waals surface area contributed by atoms with E-state index in [9.17, 15) is 14.0 Å². The van der Waals surface area contributed by atoms with Crippen LogP contribution in [0.15, 0.2) is 54.6 Å². The number of carbonyl (C=O) groups excluding carboxylic acids is 2. The van der Waals surface area contributed by atoms with Gasteiger partial charge in [0.1, 0.15) is 5.82 Å². The number of carbonyl (C=O) groups is 2. The Morgan fingerprint density at radius 2 is 1.67 bits per heavy atom. The summed E-state index contributed by atoms with van der Waals surface area (Å²) in [7, 11) is 1.33. The molecule has 5 nitrogen and oxygen atoms in total. The van der Waals surface area contributed by atoms with E-state index in [1.54, 1.807) is 47.4 Å². The van der Waals surface area contributed by atoms with Crippen LogP contribution in [0.2, 0.25) is 0 Å². The van der Waals surface area contributed by atoms with Crippen LogP contribution in [0, 0.1) is 5.82 Å². The van der Waals surface area contributed by atoms with E-state index < -0.39 is 5.97 Å². The monoisotopic (exact) mass is 368 g/mol. The lowest BCUT2D eigenvalue weighted by molar-refractivity contribution is -0.126. The molecule has 0 unspecified atom stereocenters. The van der Waals surface area contributed by atoms with E-state index in [0.29, 0.717) is 37.4 Å². The smallest absolute Gasteiger partial charge is 0.337 e. The molecule has 0 radical (unpaired) electrons. The SMILES string of the molecule is COC(=O)c1ccc(/C=C/C(=O)N2CCN(c3ccccc3F)CC2)cc1. The zero-order valence-electron chi connectivity index (χ0n) is 15.1. The average Bonchev–Trinajstić information content (AvgIpc) is 2.72. The summed E-state index contributed by atoms with van der Waals surface area (Å²) in [4.78, 5) is 27.5. The molecule has 1 fully saturated rings. The van der Waals surface area contributed by atoms with Crippen molar-refractivity contribution in [3.63, 3.8) is 0 Å². The molecule has 0 N–H and O–H groups in total. The Morgan fingerprint density at radius 3 is 2.30 bits per heavy atom. The summed E-state index contributed by atoms with van der Waals surface area (Å²) in [5, 5.41) is 0. The van der Waals surface area contributed by atoms with Gasteiger partial charge in [0, 0.05) is 32.3 Å². The number of ether oxygens (including phenoxy) is 1. The fourth-order valence-corrected chi connectivity index (χ4v) is 3.00. The summed E-state index contributed by atoms with van der Waals surface area (Å²) in [6, 6.07) is 13.5. The van der Waals surface area contributed by atoms with Gasteiger partial charge in [-0.3, -0.25) is 4.79 Å². The number of halogens is 1. The lowest BCUT2D eigenvalue weighted by Gasteiger charge is -2.35. The van der Waals surface area contributed by atoms with E-state index in [2.05, 4.69) is 4.74 Å². The Hall–Kier alpha value is -3.15. The molecule has 1 aliphatic heterocycles. The second kappa shape index (κ2) is 8.49. The first-order valence-electron chi connectivity index (χ1n) is 8.73. The fourth-order valence-electron chi connectivity index (χ4n) is 3.00. The molecule has 1 aliphatic rings. The Balaban J connectivity index is 1.56. The molecule has 2 aromatic carbocycles. The van der Waals surface area contributed by atoms with Crippen LogP contribution in [0.4, 0.5) is 10.1 Å². The molecule has 2 aromatic rings. The third kappa shape index (κ3) is 4.53. The van der Waals surface area contributed by atoms with Gasteiger partial charge >= 0.3 is 5.97 Å². The van der Waals surface area contributed by atoms with Gasteiger partial charge in [0.2, 0.25) is 5.91 Å². The van der Waals surface area contributed by atoms with Crippen LogP contribution in [-0.4, -0.2) is 50.1 Å². The third-order valence-corrected chi connectivity index (χ3v) is 4.53. The maximum atomic E-state index is 13.9. The van der Waals surface area contributed by atoms with E-state index >= 15 is 0 Å². The highest BCUT2D eigenvalue weighted by Crippen LogP contribution is 2.20. The van der Waals surface area contributed by atoms with Crippen molar-refractivity contribution in [3.05, 3.63) is 71.6 Å². The van der Waals surface area contributed by atoms with Gasteiger partial charge < -0.3 is 14.5 Å². The van der Waals surface area contributed by atoms with Gasteiger partial charge in [0.05, 0.1) is 18.4 Å². The first kappa shape index (κ1) is 18.6. The molecule has 0 aliphatic carbocycles. The first-order chi connectivity index (χ1) is 13.1. The number of methoxy groups -OCH3 is 1. The summed E-state index contributed by atoms with van der Waals surface area (Å²) in [6.07, 6.45) is 3.23. The number of nitrogens with zero attached hydrogens (tertiary/aromatic N) is 2. The molecule has 0 saturated carbocycles. The molecule has 0 spiro atoms. The molecule has 1 heterocycles. The number of hydrogen-bond acceptors (Lipinski definition) is 4. The maximum Gasteiger partial charge on any atom is 0.337 e. The topological polar surface area (TPSA) is 49.9 Å². The Bertz CT molecular complexity index is 841. The molecular weight excluding hydrogens is 347 g/mol. The number of hydrogen-bond donors (Lipinski definition) is 0. The largest absolute Gasteiger partial charge is 0.465 e. The fraction of sp³-hybridized carbons (Fsp3) is 0.238. The Morgan fingerprint density at radius 1 is 1.00 bits per heavy atom. The van der Waals surface area contributed by atoms with Gasteiger partial charge in [-0.2, -0.15) is 0 Å². The van der Waals surface area contributed by atoms with E-state index in [4.69, 9.17) is 0 Å². The van der Waals surface area contributed by atoms with Crippen LogP contribution >= 0.6 is 0 Å². The number of anilines is 1. The van der Waals surface area contributed by atoms with Crippen molar-refractivity contribution in [3.8, 4) is 0 Å². The minimum absolute atomic E-state index is 0.0831. The lowest BCUT2D eigenvalue weighted by Crippen LogP contribution is -2.48. The van der Waals surface area contributed by atoms with E-state index in [1.165, 1.54) is 19.3 Å². The third-order valence-electron chi connectivity index (χ3n) is 4.53. The standard InChI is InChI=1S/C21H21FN2O3/c1-27-21(26)17-9-6-16(7-10-17)8-11-20(25)24-14-12-23(13-15-24)19-5-3-2-4-18(19)22/h2-11H,12-15H2,1H3/b11-8+. The number of amides is 1. The van der Waals surface area contributed by atoms with E-state index in [1.807, 2.05) is 11.0 Å². The van der Waals surface area contributed by atoms with E-state index in [-0.39, 0.29) is 11.7 Å². The molecule has 0 bridgehead atoms. The zero-order chi connectivity index (χ0) is 19.2. The van der Waals surface area contributed by atoms with Crippen molar-refractivity contribution < 1.29 is 18.7 Å². The van der Waals surface area contributed by atoms with Crippen molar-refractivity contribution in [2.45, 2.75) is 0 Å². The van der Waals surface area contributed by atoms with Crippen LogP contribution in [0.1, 0.15) is 15.9 Å². The van der Waals surface area contributed by atoms with Crippen LogP contribution in [0.25, 0.3) is 6.08 Å². The van der Waals surface area contributed by atoms with Crippen LogP contribution in [0.3, 0.4) is 0 Å². The number of para-hydroxylation sites is 1. The number of esters is 1. The maximum absolute atomic E-state index is 13.9. The molecule has 140 valence electrons. The van der Waals surface area contributed by atoms with Crippen LogP contribution in [-0.2, 0) is 9.53 Å². The summed E-state index contributed by atoms with van der Waals surface area (Å²) >= 11 is 0. The van der Waals surface area contributed by atoms with Gasteiger partial charge in [0.15, 0.2) is 0 Å². The zero-order valence-corrected chi connectivity index (χ0v) is 15.1. The molecule has 3 rings (SSSR count). The molecule has 0 aromatic heterocycles. The number of piperazine rings is 1. The second-order valence-corrected chi connectivity index (χ2v) is 6.21. The van der Waals surface area contributed by atoms with E-state index in [0.717, 1.165) is 5.56 Å². The molecule has 6 heteroatoms. The van der Waals surface area contributed by atoms with Gasteiger partial charge in [-0.1, -0.05) is 24.3 Å². The summed E-state index contributed by atoms with van der Waals surface area (Å²) in [6.45, 7) is 2.26.